The molecule has 0 radical (unpaired) electrons. The summed E-state index contributed by atoms with van der Waals surface area (Å²) < 4.78 is 5.78. The van der Waals surface area contributed by atoms with Crippen molar-refractivity contribution in [2.45, 2.75) is 31.9 Å². The summed E-state index contributed by atoms with van der Waals surface area (Å²) in [6, 6.07) is 2.11. The lowest BCUT2D eigenvalue weighted by atomic mass is 9.73. The van der Waals surface area contributed by atoms with Gasteiger partial charge in [-0.25, -0.2) is 4.98 Å². The fourth-order valence-electron chi connectivity index (χ4n) is 3.74. The van der Waals surface area contributed by atoms with E-state index in [9.17, 15) is 0 Å². The lowest BCUT2D eigenvalue weighted by molar-refractivity contribution is 0.0974. The molecule has 21 heavy (non-hydrogen) atoms. The number of piperidine rings is 1. The van der Waals surface area contributed by atoms with Crippen LogP contribution in [0.5, 0.6) is 0 Å². The van der Waals surface area contributed by atoms with Crippen LogP contribution in [-0.4, -0.2) is 47.0 Å². The number of hydrogen-bond acceptors (Lipinski definition) is 5. The Kier molecular flexibility index (Phi) is 2.90. The third-order valence-corrected chi connectivity index (χ3v) is 5.25. The Morgan fingerprint density at radius 1 is 1.43 bits per heavy atom. The number of pyridine rings is 1. The molecule has 6 nitrogen and oxygen atoms in total. The van der Waals surface area contributed by atoms with Crippen LogP contribution in [0.2, 0.25) is 0 Å². The number of ether oxygens (including phenoxy) is 1. The zero-order valence-electron chi connectivity index (χ0n) is 12.2. The molecule has 2 aromatic heterocycles. The van der Waals surface area contributed by atoms with Gasteiger partial charge < -0.3 is 15.4 Å². The third kappa shape index (κ3) is 1.93. The highest BCUT2D eigenvalue weighted by atomic mass is 16.5. The number of aromatic nitrogens is 3. The molecule has 112 valence electrons. The van der Waals surface area contributed by atoms with E-state index < -0.39 is 0 Å². The molecular weight excluding hydrogens is 266 g/mol. The molecule has 2 aliphatic heterocycles. The fraction of sp³-hybridized carbons (Fsp3) is 0.600. The predicted octanol–water partition coefficient (Wildman–Crippen LogP) is 1.29. The number of nitrogens with one attached hydrogen (secondary N) is 1. The molecule has 6 heteroatoms. The third-order valence-electron chi connectivity index (χ3n) is 5.25. The van der Waals surface area contributed by atoms with Crippen LogP contribution in [0.1, 0.15) is 19.8 Å². The molecule has 1 spiro atoms. The second-order valence-electron chi connectivity index (χ2n) is 6.36. The van der Waals surface area contributed by atoms with E-state index in [0.29, 0.717) is 0 Å². The molecular formula is C15H21N5O. The summed E-state index contributed by atoms with van der Waals surface area (Å²) in [5.41, 5.74) is 7.56. The Labute approximate surface area is 123 Å². The number of fused-ring (bicyclic) bond motifs is 1. The van der Waals surface area contributed by atoms with Crippen molar-refractivity contribution in [1.29, 1.82) is 0 Å². The van der Waals surface area contributed by atoms with Gasteiger partial charge in [-0.15, -0.1) is 0 Å². The van der Waals surface area contributed by atoms with Crippen LogP contribution >= 0.6 is 0 Å². The van der Waals surface area contributed by atoms with Crippen molar-refractivity contribution in [1.82, 2.24) is 15.2 Å². The van der Waals surface area contributed by atoms with Crippen molar-refractivity contribution in [2.24, 2.45) is 11.1 Å². The van der Waals surface area contributed by atoms with Gasteiger partial charge in [0.25, 0.3) is 0 Å². The van der Waals surface area contributed by atoms with Gasteiger partial charge in [-0.3, -0.25) is 5.10 Å². The molecule has 0 bridgehead atoms. The van der Waals surface area contributed by atoms with Gasteiger partial charge in [0.15, 0.2) is 0 Å². The summed E-state index contributed by atoms with van der Waals surface area (Å²) >= 11 is 0. The first-order chi connectivity index (χ1) is 10.2. The number of anilines is 1. The quantitative estimate of drug-likeness (QED) is 0.826. The number of hydrogen-bond donors (Lipinski definition) is 2. The summed E-state index contributed by atoms with van der Waals surface area (Å²) in [4.78, 5) is 6.90. The van der Waals surface area contributed by atoms with Gasteiger partial charge in [-0.1, -0.05) is 0 Å². The molecule has 2 aromatic rings. The summed E-state index contributed by atoms with van der Waals surface area (Å²) in [5, 5.41) is 8.21. The van der Waals surface area contributed by atoms with Gasteiger partial charge in [0, 0.05) is 30.7 Å². The monoisotopic (exact) mass is 287 g/mol. The van der Waals surface area contributed by atoms with E-state index >= 15 is 0 Å². The minimum atomic E-state index is 0.150. The Bertz CT molecular complexity index is 646. The molecule has 2 atom stereocenters. The Hall–Kier alpha value is -1.66. The Balaban J connectivity index is 1.57. The van der Waals surface area contributed by atoms with E-state index in [-0.39, 0.29) is 17.6 Å². The predicted molar refractivity (Wildman–Crippen MR) is 81.2 cm³/mol. The zero-order chi connectivity index (χ0) is 14.4. The number of aromatic amines is 1. The number of H-pyrrole nitrogens is 1. The molecule has 0 amide bonds. The van der Waals surface area contributed by atoms with Crippen LogP contribution in [0.15, 0.2) is 18.5 Å². The van der Waals surface area contributed by atoms with Crippen molar-refractivity contribution < 1.29 is 4.74 Å². The summed E-state index contributed by atoms with van der Waals surface area (Å²) in [6.07, 6.45) is 6.00. The highest BCUT2D eigenvalue weighted by Gasteiger charge is 2.47. The van der Waals surface area contributed by atoms with Crippen molar-refractivity contribution in [3.05, 3.63) is 18.5 Å². The van der Waals surface area contributed by atoms with Crippen molar-refractivity contribution in [2.75, 3.05) is 24.6 Å². The molecule has 0 aromatic carbocycles. The van der Waals surface area contributed by atoms with Crippen molar-refractivity contribution in [3.8, 4) is 0 Å². The normalized spacial score (nSPS) is 28.6. The molecule has 2 saturated heterocycles. The van der Waals surface area contributed by atoms with Crippen molar-refractivity contribution in [3.63, 3.8) is 0 Å². The molecule has 2 aliphatic rings. The first kappa shape index (κ1) is 13.0. The van der Waals surface area contributed by atoms with Crippen LogP contribution in [0.25, 0.3) is 10.9 Å². The zero-order valence-corrected chi connectivity index (χ0v) is 12.2. The van der Waals surface area contributed by atoms with Crippen molar-refractivity contribution >= 4 is 16.7 Å². The van der Waals surface area contributed by atoms with E-state index in [1.165, 1.54) is 0 Å². The minimum absolute atomic E-state index is 0.150. The van der Waals surface area contributed by atoms with Crippen LogP contribution in [0.3, 0.4) is 0 Å². The summed E-state index contributed by atoms with van der Waals surface area (Å²) in [6.45, 7) is 4.83. The molecule has 0 unspecified atom stereocenters. The number of nitrogens with two attached hydrogens (primary N) is 1. The van der Waals surface area contributed by atoms with Crippen LogP contribution in [0, 0.1) is 5.41 Å². The van der Waals surface area contributed by atoms with E-state index in [1.54, 1.807) is 0 Å². The van der Waals surface area contributed by atoms with Crippen LogP contribution in [0.4, 0.5) is 5.82 Å². The molecule has 4 heterocycles. The van der Waals surface area contributed by atoms with E-state index in [2.05, 4.69) is 27.0 Å². The fourth-order valence-corrected chi connectivity index (χ4v) is 3.74. The van der Waals surface area contributed by atoms with Gasteiger partial charge in [0.1, 0.15) is 5.82 Å². The first-order valence-corrected chi connectivity index (χ1v) is 7.60. The smallest absolute Gasteiger partial charge is 0.139 e. The maximum Gasteiger partial charge on any atom is 0.139 e. The van der Waals surface area contributed by atoms with E-state index in [0.717, 1.165) is 49.3 Å². The van der Waals surface area contributed by atoms with Gasteiger partial charge in [0.2, 0.25) is 0 Å². The Morgan fingerprint density at radius 2 is 2.24 bits per heavy atom. The second-order valence-corrected chi connectivity index (χ2v) is 6.36. The maximum atomic E-state index is 6.37. The maximum absolute atomic E-state index is 6.37. The molecule has 2 fully saturated rings. The van der Waals surface area contributed by atoms with Gasteiger partial charge in [-0.2, -0.15) is 5.10 Å². The molecule has 0 saturated carbocycles. The minimum Gasteiger partial charge on any atom is -0.376 e. The van der Waals surface area contributed by atoms with Crippen LogP contribution < -0.4 is 10.6 Å². The summed E-state index contributed by atoms with van der Waals surface area (Å²) in [7, 11) is 0. The lowest BCUT2D eigenvalue weighted by Gasteiger charge is -2.41. The largest absolute Gasteiger partial charge is 0.376 e. The van der Waals surface area contributed by atoms with Gasteiger partial charge in [-0.05, 0) is 25.8 Å². The Morgan fingerprint density at radius 3 is 2.95 bits per heavy atom. The number of nitrogens with zero attached hydrogens (tertiary/aromatic N) is 3. The molecule has 0 aliphatic carbocycles. The topological polar surface area (TPSA) is 80.1 Å². The average Bonchev–Trinajstić information content (AvgIpc) is 3.09. The summed E-state index contributed by atoms with van der Waals surface area (Å²) in [5.74, 6) is 1.02. The van der Waals surface area contributed by atoms with Gasteiger partial charge in [0.05, 0.1) is 29.8 Å². The van der Waals surface area contributed by atoms with Gasteiger partial charge >= 0.3 is 0 Å². The highest BCUT2D eigenvalue weighted by Crippen LogP contribution is 2.42. The second kappa shape index (κ2) is 4.68. The molecule has 4 rings (SSSR count). The SMILES string of the molecule is C[C@@H]1OCC2(CCN(c3nccc4[nH]ncc34)CC2)[C@@H]1N. The average molecular weight is 287 g/mol. The number of rotatable bonds is 1. The first-order valence-electron chi connectivity index (χ1n) is 7.60. The highest BCUT2D eigenvalue weighted by molar-refractivity contribution is 5.88. The lowest BCUT2D eigenvalue weighted by Crippen LogP contribution is -2.50. The standard InChI is InChI=1S/C15H21N5O/c1-10-13(16)15(9-21-10)3-6-20(7-4-15)14-11-8-18-19-12(11)2-5-17-14/h2,5,8,10,13H,3-4,6-7,9,16H2,1H3,(H,18,19)/t10-,13+/m0/s1. The van der Waals surface area contributed by atoms with Crippen LogP contribution in [-0.2, 0) is 4.74 Å². The van der Waals surface area contributed by atoms with E-state index in [4.69, 9.17) is 10.5 Å². The molecule has 3 N–H and O–H groups in total. The van der Waals surface area contributed by atoms with E-state index in [1.807, 2.05) is 18.5 Å².